The van der Waals surface area contributed by atoms with E-state index in [4.69, 9.17) is 4.74 Å². The summed E-state index contributed by atoms with van der Waals surface area (Å²) in [5, 5.41) is 3.16. The Balaban J connectivity index is 2.90. The molecule has 0 radical (unpaired) electrons. The highest BCUT2D eigenvalue weighted by Crippen LogP contribution is 2.25. The number of benzene rings is 1. The largest absolute Gasteiger partial charge is 0.497 e. The fourth-order valence-electron chi connectivity index (χ4n) is 1.96. The van der Waals surface area contributed by atoms with Crippen molar-refractivity contribution < 1.29 is 9.53 Å². The van der Waals surface area contributed by atoms with Gasteiger partial charge in [0.15, 0.2) is 0 Å². The normalized spacial score (nSPS) is 13.2. The molecular formula is C17H27NO2. The molecule has 3 nitrogen and oxygen atoms in total. The Labute approximate surface area is 122 Å². The lowest BCUT2D eigenvalue weighted by atomic mass is 9.92. The smallest absolute Gasteiger partial charge is 0.225 e. The molecule has 0 bridgehead atoms. The van der Waals surface area contributed by atoms with Crippen LogP contribution >= 0.6 is 0 Å². The molecule has 0 aliphatic heterocycles. The third-order valence-electron chi connectivity index (χ3n) is 3.21. The average Bonchev–Trinajstić information content (AvgIpc) is 2.36. The van der Waals surface area contributed by atoms with Crippen molar-refractivity contribution in [1.29, 1.82) is 0 Å². The summed E-state index contributed by atoms with van der Waals surface area (Å²) in [4.78, 5) is 12.2. The molecule has 112 valence electrons. The molecule has 0 aliphatic rings. The number of carbonyl (C=O) groups is 1. The molecule has 0 saturated heterocycles. The third kappa shape index (κ3) is 4.87. The fraction of sp³-hybridized carbons (Fsp3) is 0.588. The van der Waals surface area contributed by atoms with Gasteiger partial charge in [-0.05, 0) is 30.0 Å². The van der Waals surface area contributed by atoms with Crippen molar-refractivity contribution >= 4 is 5.91 Å². The standard InChI is InChI=1S/C17H27NO2/c1-12(2)11-15(18-16(19)17(3,4)5)13-7-9-14(20-6)10-8-13/h7-10,12,15H,11H2,1-6H3,(H,18,19)/t15-/m1/s1. The fourth-order valence-corrected chi connectivity index (χ4v) is 1.96. The number of hydrogen-bond donors (Lipinski definition) is 1. The second-order valence-corrected chi connectivity index (χ2v) is 6.68. The van der Waals surface area contributed by atoms with E-state index in [9.17, 15) is 4.79 Å². The molecule has 3 heteroatoms. The zero-order chi connectivity index (χ0) is 15.3. The van der Waals surface area contributed by atoms with Crippen LogP contribution in [0.25, 0.3) is 0 Å². The highest BCUT2D eigenvalue weighted by Gasteiger charge is 2.25. The molecule has 1 rings (SSSR count). The molecule has 1 atom stereocenters. The van der Waals surface area contributed by atoms with Crippen LogP contribution in [0.5, 0.6) is 5.75 Å². The quantitative estimate of drug-likeness (QED) is 0.885. The zero-order valence-corrected chi connectivity index (χ0v) is 13.5. The van der Waals surface area contributed by atoms with Gasteiger partial charge in [-0.3, -0.25) is 4.79 Å². The lowest BCUT2D eigenvalue weighted by molar-refractivity contribution is -0.129. The molecular weight excluding hydrogens is 250 g/mol. The van der Waals surface area contributed by atoms with Crippen LogP contribution in [0.2, 0.25) is 0 Å². The number of hydrogen-bond acceptors (Lipinski definition) is 2. The van der Waals surface area contributed by atoms with Crippen molar-refractivity contribution in [2.75, 3.05) is 7.11 Å². The Morgan fingerprint density at radius 2 is 1.75 bits per heavy atom. The van der Waals surface area contributed by atoms with Crippen molar-refractivity contribution in [3.8, 4) is 5.75 Å². The van der Waals surface area contributed by atoms with Gasteiger partial charge in [0.2, 0.25) is 5.91 Å². The molecule has 20 heavy (non-hydrogen) atoms. The van der Waals surface area contributed by atoms with E-state index in [2.05, 4.69) is 19.2 Å². The van der Waals surface area contributed by atoms with Crippen LogP contribution in [0, 0.1) is 11.3 Å². The summed E-state index contributed by atoms with van der Waals surface area (Å²) in [5.74, 6) is 1.43. The van der Waals surface area contributed by atoms with E-state index in [1.807, 2.05) is 45.0 Å². The van der Waals surface area contributed by atoms with E-state index in [-0.39, 0.29) is 17.4 Å². The van der Waals surface area contributed by atoms with Gasteiger partial charge in [0, 0.05) is 5.41 Å². The molecule has 0 saturated carbocycles. The number of nitrogens with one attached hydrogen (secondary N) is 1. The SMILES string of the molecule is COc1ccc([C@@H](CC(C)C)NC(=O)C(C)(C)C)cc1. The lowest BCUT2D eigenvalue weighted by Crippen LogP contribution is -2.37. The number of methoxy groups -OCH3 is 1. The lowest BCUT2D eigenvalue weighted by Gasteiger charge is -2.26. The van der Waals surface area contributed by atoms with E-state index in [1.54, 1.807) is 7.11 Å². The van der Waals surface area contributed by atoms with Crippen LogP contribution < -0.4 is 10.1 Å². The van der Waals surface area contributed by atoms with Crippen molar-refractivity contribution in [2.45, 2.75) is 47.1 Å². The highest BCUT2D eigenvalue weighted by atomic mass is 16.5. The van der Waals surface area contributed by atoms with Crippen LogP contribution in [0.3, 0.4) is 0 Å². The van der Waals surface area contributed by atoms with Crippen LogP contribution in [0.1, 0.15) is 52.6 Å². The van der Waals surface area contributed by atoms with Gasteiger partial charge in [-0.15, -0.1) is 0 Å². The maximum atomic E-state index is 12.2. The molecule has 1 N–H and O–H groups in total. The Bertz CT molecular complexity index is 429. The Hall–Kier alpha value is -1.51. The molecule has 1 aromatic rings. The summed E-state index contributed by atoms with van der Waals surface area (Å²) >= 11 is 0. The van der Waals surface area contributed by atoms with Gasteiger partial charge in [-0.2, -0.15) is 0 Å². The molecule has 0 unspecified atom stereocenters. The summed E-state index contributed by atoms with van der Waals surface area (Å²) in [6.45, 7) is 10.1. The number of amides is 1. The highest BCUT2D eigenvalue weighted by molar-refractivity contribution is 5.81. The van der Waals surface area contributed by atoms with Gasteiger partial charge in [0.1, 0.15) is 5.75 Å². The molecule has 0 aromatic heterocycles. The molecule has 0 aliphatic carbocycles. The zero-order valence-electron chi connectivity index (χ0n) is 13.5. The predicted octanol–water partition coefficient (Wildman–Crippen LogP) is 3.94. The summed E-state index contributed by atoms with van der Waals surface area (Å²) < 4.78 is 5.18. The molecule has 0 fully saturated rings. The first-order chi connectivity index (χ1) is 9.24. The van der Waals surface area contributed by atoms with Gasteiger partial charge in [0.05, 0.1) is 13.2 Å². The second kappa shape index (κ2) is 6.78. The van der Waals surface area contributed by atoms with Crippen LogP contribution in [0.4, 0.5) is 0 Å². The summed E-state index contributed by atoms with van der Waals surface area (Å²) in [6.07, 6.45) is 0.925. The van der Waals surface area contributed by atoms with Gasteiger partial charge in [-0.1, -0.05) is 46.8 Å². The number of ether oxygens (including phenoxy) is 1. The summed E-state index contributed by atoms with van der Waals surface area (Å²) in [6, 6.07) is 7.97. The molecule has 1 amide bonds. The van der Waals surface area contributed by atoms with Crippen molar-refractivity contribution in [2.24, 2.45) is 11.3 Å². The molecule has 0 heterocycles. The maximum absolute atomic E-state index is 12.2. The van der Waals surface area contributed by atoms with E-state index >= 15 is 0 Å². The van der Waals surface area contributed by atoms with Gasteiger partial charge in [-0.25, -0.2) is 0 Å². The van der Waals surface area contributed by atoms with Crippen molar-refractivity contribution in [1.82, 2.24) is 5.32 Å². The maximum Gasteiger partial charge on any atom is 0.225 e. The van der Waals surface area contributed by atoms with Crippen LogP contribution in [0.15, 0.2) is 24.3 Å². The summed E-state index contributed by atoms with van der Waals surface area (Å²) in [7, 11) is 1.65. The minimum Gasteiger partial charge on any atom is -0.497 e. The first kappa shape index (κ1) is 16.5. The first-order valence-electron chi connectivity index (χ1n) is 7.19. The molecule has 0 spiro atoms. The van der Waals surface area contributed by atoms with Crippen LogP contribution in [-0.4, -0.2) is 13.0 Å². The average molecular weight is 277 g/mol. The van der Waals surface area contributed by atoms with E-state index in [1.165, 1.54) is 0 Å². The van der Waals surface area contributed by atoms with E-state index in [0.717, 1.165) is 17.7 Å². The van der Waals surface area contributed by atoms with Crippen molar-refractivity contribution in [3.63, 3.8) is 0 Å². The second-order valence-electron chi connectivity index (χ2n) is 6.68. The van der Waals surface area contributed by atoms with Crippen LogP contribution in [-0.2, 0) is 4.79 Å². The van der Waals surface area contributed by atoms with Gasteiger partial charge >= 0.3 is 0 Å². The Morgan fingerprint density at radius 1 is 1.20 bits per heavy atom. The van der Waals surface area contributed by atoms with E-state index < -0.39 is 0 Å². The van der Waals surface area contributed by atoms with Gasteiger partial charge < -0.3 is 10.1 Å². The monoisotopic (exact) mass is 277 g/mol. The number of carbonyl (C=O) groups excluding carboxylic acids is 1. The first-order valence-corrected chi connectivity index (χ1v) is 7.19. The third-order valence-corrected chi connectivity index (χ3v) is 3.21. The van der Waals surface area contributed by atoms with Crippen molar-refractivity contribution in [3.05, 3.63) is 29.8 Å². The Kier molecular flexibility index (Phi) is 5.61. The van der Waals surface area contributed by atoms with E-state index in [0.29, 0.717) is 5.92 Å². The topological polar surface area (TPSA) is 38.3 Å². The summed E-state index contributed by atoms with van der Waals surface area (Å²) in [5.41, 5.74) is 0.749. The predicted molar refractivity (Wildman–Crippen MR) is 82.8 cm³/mol. The minimum absolute atomic E-state index is 0.0487. The number of rotatable bonds is 5. The molecule has 1 aromatic carbocycles. The van der Waals surface area contributed by atoms with Gasteiger partial charge in [0.25, 0.3) is 0 Å². The minimum atomic E-state index is -0.373. The Morgan fingerprint density at radius 3 is 2.15 bits per heavy atom.